The molecule has 0 saturated carbocycles. The van der Waals surface area contributed by atoms with Crippen LogP contribution in [0.4, 0.5) is 10.5 Å². The van der Waals surface area contributed by atoms with Gasteiger partial charge in [-0.15, -0.1) is 0 Å². The molecule has 0 spiro atoms. The van der Waals surface area contributed by atoms with E-state index in [0.717, 1.165) is 30.4 Å². The number of urea groups is 1. The molecule has 2 aromatic rings. The van der Waals surface area contributed by atoms with Crippen LogP contribution in [0.2, 0.25) is 0 Å². The number of anilines is 1. The molecule has 1 saturated heterocycles. The van der Waals surface area contributed by atoms with Crippen molar-refractivity contribution in [1.29, 1.82) is 0 Å². The van der Waals surface area contributed by atoms with Crippen molar-refractivity contribution >= 4 is 17.6 Å². The number of benzene rings is 1. The Labute approximate surface area is 169 Å². The molecule has 3 aliphatic rings. The van der Waals surface area contributed by atoms with Crippen molar-refractivity contribution in [3.8, 4) is 0 Å². The van der Waals surface area contributed by atoms with Crippen LogP contribution in [-0.4, -0.2) is 46.5 Å². The smallest absolute Gasteiger partial charge is 0.326 e. The van der Waals surface area contributed by atoms with Crippen LogP contribution in [0.3, 0.4) is 0 Å². The van der Waals surface area contributed by atoms with Crippen molar-refractivity contribution in [1.82, 2.24) is 25.5 Å². The molecule has 0 aliphatic carbocycles. The number of rotatable bonds is 4. The van der Waals surface area contributed by atoms with Gasteiger partial charge in [-0.3, -0.25) is 10.2 Å². The summed E-state index contributed by atoms with van der Waals surface area (Å²) in [5, 5.41) is 6.48. The van der Waals surface area contributed by atoms with Gasteiger partial charge >= 0.3 is 6.03 Å². The maximum atomic E-state index is 12.8. The number of para-hydroxylation sites is 1. The Kier molecular flexibility index (Phi) is 4.48. The highest BCUT2D eigenvalue weighted by molar-refractivity contribution is 6.02. The molecule has 29 heavy (non-hydrogen) atoms. The van der Waals surface area contributed by atoms with Crippen molar-refractivity contribution in [2.45, 2.75) is 12.8 Å². The number of aromatic nitrogens is 2. The first-order chi connectivity index (χ1) is 14.2. The van der Waals surface area contributed by atoms with E-state index in [4.69, 9.17) is 4.99 Å². The van der Waals surface area contributed by atoms with Gasteiger partial charge in [0.05, 0.1) is 0 Å². The summed E-state index contributed by atoms with van der Waals surface area (Å²) in [6.45, 7) is 4.22. The van der Waals surface area contributed by atoms with Crippen molar-refractivity contribution in [2.24, 2.45) is 16.8 Å². The van der Waals surface area contributed by atoms with Gasteiger partial charge in [-0.25, -0.2) is 19.8 Å². The van der Waals surface area contributed by atoms with Crippen molar-refractivity contribution in [2.75, 3.05) is 24.7 Å². The maximum absolute atomic E-state index is 12.8. The fourth-order valence-corrected chi connectivity index (χ4v) is 4.27. The molecule has 8 nitrogen and oxygen atoms in total. The first kappa shape index (κ1) is 17.8. The highest BCUT2D eigenvalue weighted by atomic mass is 16.2. The molecular weight excluding hydrogens is 366 g/mol. The van der Waals surface area contributed by atoms with Crippen LogP contribution in [-0.2, 0) is 0 Å². The second kappa shape index (κ2) is 7.29. The lowest BCUT2D eigenvalue weighted by molar-refractivity contribution is 0.216. The van der Waals surface area contributed by atoms with E-state index < -0.39 is 0 Å². The fourth-order valence-electron chi connectivity index (χ4n) is 4.27. The van der Waals surface area contributed by atoms with Crippen LogP contribution >= 0.6 is 0 Å². The topological polar surface area (TPSA) is 85.8 Å². The number of hydrogen-bond donors (Lipinski definition) is 2. The van der Waals surface area contributed by atoms with E-state index in [-0.39, 0.29) is 23.8 Å². The Morgan fingerprint density at radius 3 is 2.69 bits per heavy atom. The van der Waals surface area contributed by atoms with E-state index in [1.165, 1.54) is 0 Å². The number of carbonyl (C=O) groups excluding carboxylic acids is 1. The van der Waals surface area contributed by atoms with E-state index in [1.54, 1.807) is 17.3 Å². The van der Waals surface area contributed by atoms with Gasteiger partial charge in [0.1, 0.15) is 18.3 Å². The molecule has 1 aromatic carbocycles. The zero-order valence-electron chi connectivity index (χ0n) is 16.2. The predicted molar refractivity (Wildman–Crippen MR) is 110 cm³/mol. The summed E-state index contributed by atoms with van der Waals surface area (Å²) in [5.74, 6) is 2.76. The largest absolute Gasteiger partial charge is 0.329 e. The first-order valence-corrected chi connectivity index (χ1v) is 9.89. The molecule has 3 aliphatic heterocycles. The van der Waals surface area contributed by atoms with E-state index >= 15 is 0 Å². The minimum absolute atomic E-state index is 0.103. The number of hydrogen-bond acceptors (Lipinski definition) is 6. The minimum Gasteiger partial charge on any atom is -0.326 e. The Balaban J connectivity index is 1.41. The zero-order chi connectivity index (χ0) is 19.8. The molecule has 148 valence electrons. The van der Waals surface area contributed by atoms with Gasteiger partial charge in [-0.1, -0.05) is 25.1 Å². The van der Waals surface area contributed by atoms with Crippen molar-refractivity contribution < 1.29 is 4.79 Å². The number of carbonyl (C=O) groups is 1. The minimum atomic E-state index is -0.131. The third-order valence-corrected chi connectivity index (χ3v) is 5.89. The number of nitrogens with zero attached hydrogens (tertiary/aromatic N) is 5. The third kappa shape index (κ3) is 3.25. The second-order valence-corrected chi connectivity index (χ2v) is 7.61. The van der Waals surface area contributed by atoms with Crippen LogP contribution in [0.25, 0.3) is 0 Å². The molecule has 8 heteroatoms. The molecule has 1 fully saturated rings. The maximum Gasteiger partial charge on any atom is 0.329 e. The molecule has 3 atom stereocenters. The molecule has 5 rings (SSSR count). The molecule has 0 radical (unpaired) electrons. The highest BCUT2D eigenvalue weighted by Gasteiger charge is 2.40. The van der Waals surface area contributed by atoms with Gasteiger partial charge in [0.15, 0.2) is 5.82 Å². The molecule has 2 amide bonds. The van der Waals surface area contributed by atoms with Gasteiger partial charge in [-0.2, -0.15) is 0 Å². The summed E-state index contributed by atoms with van der Waals surface area (Å²) in [7, 11) is 0. The number of fused-ring (bicyclic) bond motifs is 1. The Morgan fingerprint density at radius 1 is 1.10 bits per heavy atom. The SMILES string of the molecule is CC(c1ncccn1)C1CNCC1C1=NC2=CN(c3ccccc3)CN2C(=O)N1. The Morgan fingerprint density at radius 2 is 1.90 bits per heavy atom. The lowest BCUT2D eigenvalue weighted by atomic mass is 9.83. The standard InChI is InChI=1S/C21H23N7O/c1-14(19-23-8-5-9-24-19)16-10-22-11-17(16)20-25-18-12-27(13-28(18)21(29)26-20)15-6-3-2-4-7-15/h2-9,12,14,16-17,22H,10-11,13H2,1H3,(H,25,26,29). The van der Waals surface area contributed by atoms with Gasteiger partial charge in [0.25, 0.3) is 0 Å². The summed E-state index contributed by atoms with van der Waals surface area (Å²) >= 11 is 0. The third-order valence-electron chi connectivity index (χ3n) is 5.89. The second-order valence-electron chi connectivity index (χ2n) is 7.61. The number of nitrogens with one attached hydrogen (secondary N) is 2. The molecule has 1 aromatic heterocycles. The van der Waals surface area contributed by atoms with Crippen LogP contribution in [0.5, 0.6) is 0 Å². The molecule has 3 unspecified atom stereocenters. The van der Waals surface area contributed by atoms with E-state index in [1.807, 2.05) is 47.5 Å². The zero-order valence-corrected chi connectivity index (χ0v) is 16.2. The quantitative estimate of drug-likeness (QED) is 0.837. The summed E-state index contributed by atoms with van der Waals surface area (Å²) in [5.41, 5.74) is 1.04. The Bertz CT molecular complexity index is 960. The predicted octanol–water partition coefficient (Wildman–Crippen LogP) is 2.12. The summed E-state index contributed by atoms with van der Waals surface area (Å²) in [4.78, 5) is 30.2. The van der Waals surface area contributed by atoms with Gasteiger partial charge in [-0.05, 0) is 30.7 Å². The molecule has 2 N–H and O–H groups in total. The number of amides is 2. The molecule has 4 heterocycles. The van der Waals surface area contributed by atoms with E-state index in [0.29, 0.717) is 12.5 Å². The van der Waals surface area contributed by atoms with Crippen LogP contribution in [0.1, 0.15) is 18.7 Å². The Hall–Kier alpha value is -3.26. The highest BCUT2D eigenvalue weighted by Crippen LogP contribution is 2.33. The van der Waals surface area contributed by atoms with Crippen LogP contribution in [0, 0.1) is 11.8 Å². The number of amidine groups is 1. The normalized spacial score (nSPS) is 24.7. The lowest BCUT2D eigenvalue weighted by Crippen LogP contribution is -2.50. The molecule has 0 bridgehead atoms. The average molecular weight is 389 g/mol. The van der Waals surface area contributed by atoms with Gasteiger partial charge < -0.3 is 10.2 Å². The summed E-state index contributed by atoms with van der Waals surface area (Å²) < 4.78 is 0. The van der Waals surface area contributed by atoms with Gasteiger partial charge in [0, 0.05) is 42.7 Å². The number of aliphatic imine (C=N–C) groups is 1. The van der Waals surface area contributed by atoms with Crippen LogP contribution < -0.4 is 15.5 Å². The summed E-state index contributed by atoms with van der Waals surface area (Å²) in [6, 6.07) is 11.7. The van der Waals surface area contributed by atoms with Crippen molar-refractivity contribution in [3.63, 3.8) is 0 Å². The summed E-state index contributed by atoms with van der Waals surface area (Å²) in [6.07, 6.45) is 5.49. The average Bonchev–Trinajstić information content (AvgIpc) is 3.42. The van der Waals surface area contributed by atoms with E-state index in [2.05, 4.69) is 27.5 Å². The van der Waals surface area contributed by atoms with Gasteiger partial charge in [0.2, 0.25) is 0 Å². The van der Waals surface area contributed by atoms with E-state index in [9.17, 15) is 4.79 Å². The fraction of sp³-hybridized carbons (Fsp3) is 0.333. The lowest BCUT2D eigenvalue weighted by Gasteiger charge is -2.30. The van der Waals surface area contributed by atoms with Crippen LogP contribution in [0.15, 0.2) is 65.8 Å². The van der Waals surface area contributed by atoms with Crippen molar-refractivity contribution in [3.05, 3.63) is 66.6 Å². The monoisotopic (exact) mass is 389 g/mol. The first-order valence-electron chi connectivity index (χ1n) is 9.89. The molecular formula is C21H23N7O.